The average molecular weight is 163 g/mol. The number of rotatable bonds is 0. The Morgan fingerprint density at radius 2 is 1.91 bits per heavy atom. The third kappa shape index (κ3) is 1.83. The van der Waals surface area contributed by atoms with Gasteiger partial charge >= 0.3 is 6.18 Å². The molecule has 0 atom stereocenters. The van der Waals surface area contributed by atoms with Gasteiger partial charge in [-0.05, 0) is 6.07 Å². The molecule has 5 heteroatoms. The van der Waals surface area contributed by atoms with Gasteiger partial charge in [0.05, 0.1) is 0 Å². The zero-order chi connectivity index (χ0) is 8.48. The van der Waals surface area contributed by atoms with Gasteiger partial charge in [-0.15, -0.1) is 0 Å². The van der Waals surface area contributed by atoms with E-state index >= 15 is 0 Å². The van der Waals surface area contributed by atoms with Crippen molar-refractivity contribution in [3.8, 4) is 0 Å². The minimum absolute atomic E-state index is 0.750. The third-order valence-corrected chi connectivity index (χ3v) is 1.07. The second-order valence-corrected chi connectivity index (χ2v) is 1.93. The lowest BCUT2D eigenvalue weighted by molar-refractivity contribution is -0.141. The average Bonchev–Trinajstić information content (AvgIpc) is 1.86. The summed E-state index contributed by atoms with van der Waals surface area (Å²) in [7, 11) is 0. The molecule has 0 saturated carbocycles. The maximum absolute atomic E-state index is 11.8. The first-order chi connectivity index (χ1) is 5.00. The molecule has 0 aliphatic heterocycles. The van der Waals surface area contributed by atoms with Crippen LogP contribution in [0.3, 0.4) is 0 Å². The van der Waals surface area contributed by atoms with Gasteiger partial charge in [0.2, 0.25) is 5.56 Å². The van der Waals surface area contributed by atoms with E-state index in [9.17, 15) is 18.0 Å². The van der Waals surface area contributed by atoms with Gasteiger partial charge in [-0.3, -0.25) is 4.79 Å². The van der Waals surface area contributed by atoms with Crippen molar-refractivity contribution in [3.05, 3.63) is 34.2 Å². The van der Waals surface area contributed by atoms with Crippen LogP contribution in [0.15, 0.2) is 23.0 Å². The molecule has 0 unspecified atom stereocenters. The molecule has 1 N–H and O–H groups in total. The van der Waals surface area contributed by atoms with Crippen molar-refractivity contribution in [1.82, 2.24) is 4.98 Å². The highest BCUT2D eigenvalue weighted by Crippen LogP contribution is 2.25. The lowest BCUT2D eigenvalue weighted by Crippen LogP contribution is -2.14. The van der Waals surface area contributed by atoms with Gasteiger partial charge in [0.1, 0.15) is 5.69 Å². The Bertz CT molecular complexity index is 301. The van der Waals surface area contributed by atoms with E-state index < -0.39 is 17.4 Å². The van der Waals surface area contributed by atoms with Gasteiger partial charge in [-0.2, -0.15) is 13.2 Å². The van der Waals surface area contributed by atoms with Crippen molar-refractivity contribution in [1.29, 1.82) is 0 Å². The van der Waals surface area contributed by atoms with Gasteiger partial charge in [-0.1, -0.05) is 6.07 Å². The Morgan fingerprint density at radius 3 is 2.27 bits per heavy atom. The number of halogens is 3. The maximum Gasteiger partial charge on any atom is 0.431 e. The second-order valence-electron chi connectivity index (χ2n) is 1.93. The maximum atomic E-state index is 11.8. The summed E-state index contributed by atoms with van der Waals surface area (Å²) in [6, 6.07) is 2.89. The minimum Gasteiger partial charge on any atom is -0.318 e. The highest BCUT2D eigenvalue weighted by atomic mass is 19.4. The van der Waals surface area contributed by atoms with Crippen molar-refractivity contribution >= 4 is 0 Å². The fourth-order valence-electron chi connectivity index (χ4n) is 0.613. The van der Waals surface area contributed by atoms with Crippen LogP contribution in [0.1, 0.15) is 5.69 Å². The van der Waals surface area contributed by atoms with E-state index in [1.807, 2.05) is 0 Å². The monoisotopic (exact) mass is 163 g/mol. The van der Waals surface area contributed by atoms with Crippen LogP contribution in [0.4, 0.5) is 13.2 Å². The number of aromatic amines is 1. The molecule has 0 radical (unpaired) electrons. The highest BCUT2D eigenvalue weighted by Gasteiger charge is 2.31. The lowest BCUT2D eigenvalue weighted by Gasteiger charge is -2.03. The van der Waals surface area contributed by atoms with E-state index in [2.05, 4.69) is 0 Å². The number of pyridine rings is 1. The molecule has 2 nitrogen and oxygen atoms in total. The summed E-state index contributed by atoms with van der Waals surface area (Å²) in [6.45, 7) is 0. The van der Waals surface area contributed by atoms with E-state index in [0.717, 1.165) is 18.2 Å². The third-order valence-electron chi connectivity index (χ3n) is 1.07. The number of aromatic nitrogens is 1. The molecule has 1 aromatic rings. The van der Waals surface area contributed by atoms with Gasteiger partial charge in [-0.25, -0.2) is 0 Å². The molecule has 0 amide bonds. The largest absolute Gasteiger partial charge is 0.431 e. The van der Waals surface area contributed by atoms with Gasteiger partial charge in [0.15, 0.2) is 0 Å². The quantitative estimate of drug-likeness (QED) is 0.615. The van der Waals surface area contributed by atoms with Crippen LogP contribution in [0.2, 0.25) is 0 Å². The number of H-pyrrole nitrogens is 1. The molecular formula is C6H4F3NO. The van der Waals surface area contributed by atoms with Crippen LogP contribution in [-0.2, 0) is 6.18 Å². The Hall–Kier alpha value is -1.26. The van der Waals surface area contributed by atoms with Gasteiger partial charge < -0.3 is 4.98 Å². The van der Waals surface area contributed by atoms with Crippen LogP contribution in [-0.4, -0.2) is 4.98 Å². The minimum atomic E-state index is -4.47. The Balaban J connectivity index is 3.16. The SMILES string of the molecule is O=c1cccc(C(F)(F)F)[nH]1. The first-order valence-electron chi connectivity index (χ1n) is 2.77. The zero-order valence-electron chi connectivity index (χ0n) is 5.27. The molecule has 0 aromatic carbocycles. The molecule has 0 bridgehead atoms. The molecule has 60 valence electrons. The molecule has 1 heterocycles. The van der Waals surface area contributed by atoms with Crippen molar-refractivity contribution in [2.75, 3.05) is 0 Å². The van der Waals surface area contributed by atoms with Crippen LogP contribution in [0.5, 0.6) is 0 Å². The number of hydrogen-bond acceptors (Lipinski definition) is 1. The van der Waals surface area contributed by atoms with Gasteiger partial charge in [0, 0.05) is 6.07 Å². The first-order valence-corrected chi connectivity index (χ1v) is 2.77. The summed E-state index contributed by atoms with van der Waals surface area (Å²) in [5, 5.41) is 0. The van der Waals surface area contributed by atoms with Crippen molar-refractivity contribution in [3.63, 3.8) is 0 Å². The lowest BCUT2D eigenvalue weighted by atomic mass is 10.3. The van der Waals surface area contributed by atoms with Crippen molar-refractivity contribution in [2.45, 2.75) is 6.18 Å². The van der Waals surface area contributed by atoms with Crippen LogP contribution < -0.4 is 5.56 Å². The smallest absolute Gasteiger partial charge is 0.318 e. The van der Waals surface area contributed by atoms with Gasteiger partial charge in [0.25, 0.3) is 0 Å². The molecular weight excluding hydrogens is 159 g/mol. The van der Waals surface area contributed by atoms with E-state index in [-0.39, 0.29) is 0 Å². The molecule has 1 aromatic heterocycles. The van der Waals surface area contributed by atoms with Crippen LogP contribution in [0.25, 0.3) is 0 Å². The van der Waals surface area contributed by atoms with Crippen LogP contribution >= 0.6 is 0 Å². The van der Waals surface area contributed by atoms with Crippen LogP contribution in [0, 0.1) is 0 Å². The number of nitrogens with one attached hydrogen (secondary N) is 1. The fraction of sp³-hybridized carbons (Fsp3) is 0.167. The molecule has 0 saturated heterocycles. The molecule has 0 aliphatic rings. The molecule has 0 aliphatic carbocycles. The molecule has 0 spiro atoms. The summed E-state index contributed by atoms with van der Waals surface area (Å²) >= 11 is 0. The zero-order valence-corrected chi connectivity index (χ0v) is 5.27. The summed E-state index contributed by atoms with van der Waals surface area (Å²) in [5.41, 5.74) is -1.77. The number of alkyl halides is 3. The van der Waals surface area contributed by atoms with E-state index in [1.165, 1.54) is 0 Å². The fourth-order valence-corrected chi connectivity index (χ4v) is 0.613. The van der Waals surface area contributed by atoms with E-state index in [1.54, 1.807) is 4.98 Å². The Morgan fingerprint density at radius 1 is 1.27 bits per heavy atom. The highest BCUT2D eigenvalue weighted by molar-refractivity contribution is 5.06. The predicted octanol–water partition coefficient (Wildman–Crippen LogP) is 1.39. The topological polar surface area (TPSA) is 32.9 Å². The Kier molecular flexibility index (Phi) is 1.72. The predicted molar refractivity (Wildman–Crippen MR) is 32.1 cm³/mol. The Labute approximate surface area is 59.7 Å². The van der Waals surface area contributed by atoms with Crippen molar-refractivity contribution in [2.24, 2.45) is 0 Å². The van der Waals surface area contributed by atoms with E-state index in [0.29, 0.717) is 0 Å². The van der Waals surface area contributed by atoms with Crippen molar-refractivity contribution < 1.29 is 13.2 Å². The summed E-state index contributed by atoms with van der Waals surface area (Å²) in [6.07, 6.45) is -4.47. The summed E-state index contributed by atoms with van der Waals surface area (Å²) in [5.74, 6) is 0. The normalized spacial score (nSPS) is 11.5. The standard InChI is InChI=1S/C6H4F3NO/c7-6(8,9)4-2-1-3-5(11)10-4/h1-3H,(H,10,11). The summed E-state index contributed by atoms with van der Waals surface area (Å²) in [4.78, 5) is 12.0. The van der Waals surface area contributed by atoms with E-state index in [4.69, 9.17) is 0 Å². The number of hydrogen-bond donors (Lipinski definition) is 1. The second kappa shape index (κ2) is 2.41. The molecule has 11 heavy (non-hydrogen) atoms. The molecule has 1 rings (SSSR count). The first kappa shape index (κ1) is 7.84. The molecule has 0 fully saturated rings. The summed E-state index contributed by atoms with van der Waals surface area (Å²) < 4.78 is 35.4.